The zero-order chi connectivity index (χ0) is 13.7. The van der Waals surface area contributed by atoms with E-state index in [0.717, 1.165) is 0 Å². The minimum Gasteiger partial charge on any atom is -0.478 e. The van der Waals surface area contributed by atoms with Crippen LogP contribution in [0.3, 0.4) is 0 Å². The maximum Gasteiger partial charge on any atom is 0.337 e. The van der Waals surface area contributed by atoms with Crippen LogP contribution in [0.1, 0.15) is 24.2 Å². The lowest BCUT2D eigenvalue weighted by Gasteiger charge is -2.26. The van der Waals surface area contributed by atoms with E-state index in [2.05, 4.69) is 4.98 Å². The van der Waals surface area contributed by atoms with Gasteiger partial charge in [0.05, 0.1) is 24.0 Å². The molecule has 1 aromatic heterocycles. The monoisotopic (exact) mass is 251 g/mol. The fourth-order valence-electron chi connectivity index (χ4n) is 1.70. The number of carboxylic acids is 1. The van der Waals surface area contributed by atoms with E-state index in [1.807, 2.05) is 13.8 Å². The van der Waals surface area contributed by atoms with Crippen molar-refractivity contribution in [1.29, 1.82) is 0 Å². The Balaban J connectivity index is 3.11. The van der Waals surface area contributed by atoms with Gasteiger partial charge in [-0.1, -0.05) is 13.8 Å². The number of carboxylic acid groups (broad SMARTS) is 1. The third-order valence-electron chi connectivity index (χ3n) is 2.30. The van der Waals surface area contributed by atoms with Gasteiger partial charge in [0.1, 0.15) is 0 Å². The number of nitrogens with zero attached hydrogens (tertiary/aromatic N) is 2. The van der Waals surface area contributed by atoms with Gasteiger partial charge >= 0.3 is 5.97 Å². The highest BCUT2D eigenvalue weighted by Gasteiger charge is 2.18. The van der Waals surface area contributed by atoms with Crippen LogP contribution in [0, 0.1) is 5.92 Å². The topological polar surface area (TPSA) is 96.5 Å². The molecule has 6 nitrogen and oxygen atoms in total. The third-order valence-corrected chi connectivity index (χ3v) is 2.30. The van der Waals surface area contributed by atoms with Gasteiger partial charge in [0.25, 0.3) is 0 Å². The van der Waals surface area contributed by atoms with Gasteiger partial charge < -0.3 is 15.7 Å². The number of aromatic nitrogens is 1. The van der Waals surface area contributed by atoms with Crippen molar-refractivity contribution in [1.82, 2.24) is 4.98 Å². The molecule has 0 radical (unpaired) electrons. The van der Waals surface area contributed by atoms with E-state index < -0.39 is 11.9 Å². The third kappa shape index (κ3) is 3.73. The number of aromatic carboxylic acids is 1. The Morgan fingerprint density at radius 1 is 1.50 bits per heavy atom. The van der Waals surface area contributed by atoms with E-state index >= 15 is 0 Å². The van der Waals surface area contributed by atoms with Gasteiger partial charge in [0.2, 0.25) is 5.91 Å². The molecular weight excluding hydrogens is 234 g/mol. The Hall–Kier alpha value is -2.11. The summed E-state index contributed by atoms with van der Waals surface area (Å²) in [6.07, 6.45) is 2.85. The van der Waals surface area contributed by atoms with Gasteiger partial charge in [-0.15, -0.1) is 0 Å². The SMILES string of the molecule is CC(C)CN(CC(N)=O)c1cnccc1C(=O)O. The first kappa shape index (κ1) is 14.0. The summed E-state index contributed by atoms with van der Waals surface area (Å²) in [5.41, 5.74) is 5.72. The fraction of sp³-hybridized carbons (Fsp3) is 0.417. The van der Waals surface area contributed by atoms with Crippen LogP contribution < -0.4 is 10.6 Å². The Morgan fingerprint density at radius 2 is 2.17 bits per heavy atom. The average molecular weight is 251 g/mol. The van der Waals surface area contributed by atoms with Crippen LogP contribution in [-0.2, 0) is 4.79 Å². The summed E-state index contributed by atoms with van der Waals surface area (Å²) in [6.45, 7) is 4.47. The molecule has 0 saturated carbocycles. The number of nitrogens with two attached hydrogens (primary N) is 1. The predicted octanol–water partition coefficient (Wildman–Crippen LogP) is 0.727. The van der Waals surface area contributed by atoms with Crippen molar-refractivity contribution < 1.29 is 14.7 Å². The van der Waals surface area contributed by atoms with Crippen LogP contribution in [0.4, 0.5) is 5.69 Å². The van der Waals surface area contributed by atoms with E-state index in [-0.39, 0.29) is 18.0 Å². The van der Waals surface area contributed by atoms with Gasteiger partial charge in [0.15, 0.2) is 0 Å². The van der Waals surface area contributed by atoms with Gasteiger partial charge in [-0.25, -0.2) is 4.79 Å². The van der Waals surface area contributed by atoms with Crippen molar-refractivity contribution >= 4 is 17.6 Å². The molecule has 0 atom stereocenters. The first-order chi connectivity index (χ1) is 8.41. The van der Waals surface area contributed by atoms with Gasteiger partial charge in [-0.05, 0) is 12.0 Å². The quantitative estimate of drug-likeness (QED) is 0.776. The molecule has 1 heterocycles. The molecule has 0 aliphatic rings. The lowest BCUT2D eigenvalue weighted by atomic mass is 10.1. The average Bonchev–Trinajstić information content (AvgIpc) is 2.26. The minimum absolute atomic E-state index is 0.0237. The molecule has 18 heavy (non-hydrogen) atoms. The lowest BCUT2D eigenvalue weighted by molar-refractivity contribution is -0.116. The number of anilines is 1. The minimum atomic E-state index is -1.05. The standard InChI is InChI=1S/C12H17N3O3/c1-8(2)6-15(7-11(13)16)10-5-14-4-3-9(10)12(17)18/h3-5,8H,6-7H2,1-2H3,(H2,13,16)(H,17,18). The second kappa shape index (κ2) is 6.00. The molecule has 0 spiro atoms. The summed E-state index contributed by atoms with van der Waals surface area (Å²) in [4.78, 5) is 27.7. The Labute approximate surface area is 105 Å². The second-order valence-corrected chi connectivity index (χ2v) is 4.44. The Kier molecular flexibility index (Phi) is 4.65. The van der Waals surface area contributed by atoms with Crippen molar-refractivity contribution in [3.05, 3.63) is 24.0 Å². The van der Waals surface area contributed by atoms with Gasteiger partial charge in [-0.2, -0.15) is 0 Å². The van der Waals surface area contributed by atoms with Crippen LogP contribution in [0.5, 0.6) is 0 Å². The number of hydrogen-bond donors (Lipinski definition) is 2. The smallest absolute Gasteiger partial charge is 0.337 e. The zero-order valence-electron chi connectivity index (χ0n) is 10.5. The van der Waals surface area contributed by atoms with Gasteiger partial charge in [0, 0.05) is 12.7 Å². The van der Waals surface area contributed by atoms with Crippen LogP contribution in [-0.4, -0.2) is 35.1 Å². The molecule has 1 amide bonds. The predicted molar refractivity (Wildman–Crippen MR) is 67.4 cm³/mol. The highest BCUT2D eigenvalue weighted by atomic mass is 16.4. The molecule has 1 rings (SSSR count). The van der Waals surface area contributed by atoms with Crippen molar-refractivity contribution in [2.75, 3.05) is 18.0 Å². The number of hydrogen-bond acceptors (Lipinski definition) is 4. The molecule has 0 aromatic carbocycles. The van der Waals surface area contributed by atoms with Crippen LogP contribution in [0.2, 0.25) is 0 Å². The molecule has 98 valence electrons. The van der Waals surface area contributed by atoms with Crippen LogP contribution in [0.15, 0.2) is 18.5 Å². The molecule has 0 bridgehead atoms. The fourth-order valence-corrected chi connectivity index (χ4v) is 1.70. The molecule has 0 aliphatic carbocycles. The number of amides is 1. The number of primary amides is 1. The first-order valence-electron chi connectivity index (χ1n) is 5.62. The van der Waals surface area contributed by atoms with Crippen molar-refractivity contribution in [3.63, 3.8) is 0 Å². The molecule has 1 aromatic rings. The van der Waals surface area contributed by atoms with Crippen LogP contribution in [0.25, 0.3) is 0 Å². The van der Waals surface area contributed by atoms with Crippen LogP contribution >= 0.6 is 0 Å². The summed E-state index contributed by atoms with van der Waals surface area (Å²) < 4.78 is 0. The molecule has 6 heteroatoms. The van der Waals surface area contributed by atoms with Crippen molar-refractivity contribution in [2.24, 2.45) is 11.7 Å². The molecule has 0 unspecified atom stereocenters. The van der Waals surface area contributed by atoms with E-state index in [1.54, 1.807) is 4.90 Å². The molecule has 3 N–H and O–H groups in total. The van der Waals surface area contributed by atoms with Gasteiger partial charge in [-0.3, -0.25) is 9.78 Å². The van der Waals surface area contributed by atoms with E-state index in [1.165, 1.54) is 18.5 Å². The normalized spacial score (nSPS) is 10.4. The summed E-state index contributed by atoms with van der Waals surface area (Å²) in [6, 6.07) is 1.41. The lowest BCUT2D eigenvalue weighted by Crippen LogP contribution is -2.37. The summed E-state index contributed by atoms with van der Waals surface area (Å²) >= 11 is 0. The summed E-state index contributed by atoms with van der Waals surface area (Å²) in [5, 5.41) is 9.11. The Bertz CT molecular complexity index is 446. The largest absolute Gasteiger partial charge is 0.478 e. The molecule has 0 aliphatic heterocycles. The Morgan fingerprint density at radius 3 is 2.67 bits per heavy atom. The molecular formula is C12H17N3O3. The van der Waals surface area contributed by atoms with Crippen molar-refractivity contribution in [2.45, 2.75) is 13.8 Å². The van der Waals surface area contributed by atoms with E-state index in [9.17, 15) is 9.59 Å². The number of rotatable bonds is 6. The summed E-state index contributed by atoms with van der Waals surface area (Å²) in [7, 11) is 0. The number of carbonyl (C=O) groups is 2. The van der Waals surface area contributed by atoms with E-state index in [4.69, 9.17) is 10.8 Å². The second-order valence-electron chi connectivity index (χ2n) is 4.44. The molecule has 0 saturated heterocycles. The number of pyridine rings is 1. The van der Waals surface area contributed by atoms with Crippen molar-refractivity contribution in [3.8, 4) is 0 Å². The number of carbonyl (C=O) groups excluding carboxylic acids is 1. The first-order valence-corrected chi connectivity index (χ1v) is 5.62. The maximum atomic E-state index is 11.1. The summed E-state index contributed by atoms with van der Waals surface area (Å²) in [5.74, 6) is -1.28. The highest BCUT2D eigenvalue weighted by molar-refractivity contribution is 5.95. The maximum absolute atomic E-state index is 11.1. The molecule has 0 fully saturated rings. The highest BCUT2D eigenvalue weighted by Crippen LogP contribution is 2.20. The zero-order valence-corrected chi connectivity index (χ0v) is 10.5. The van der Waals surface area contributed by atoms with E-state index in [0.29, 0.717) is 12.2 Å².